The summed E-state index contributed by atoms with van der Waals surface area (Å²) in [4.78, 5) is 10.5. The molecule has 0 unspecified atom stereocenters. The van der Waals surface area contributed by atoms with Crippen LogP contribution in [-0.2, 0) is 18.3 Å². The average Bonchev–Trinajstić information content (AvgIpc) is 2.47. The number of carboxylic acids is 1. The van der Waals surface area contributed by atoms with Gasteiger partial charge in [-0.15, -0.1) is 0 Å². The zero-order valence-corrected chi connectivity index (χ0v) is 8.14. The summed E-state index contributed by atoms with van der Waals surface area (Å²) in [5, 5.41) is 22.9. The molecule has 0 spiro atoms. The maximum atomic E-state index is 10.5. The lowest BCUT2D eigenvalue weighted by atomic mass is 10.1. The molecule has 1 aromatic heterocycles. The van der Waals surface area contributed by atoms with E-state index in [0.29, 0.717) is 10.9 Å². The van der Waals surface area contributed by atoms with Crippen molar-refractivity contribution in [3.05, 3.63) is 23.9 Å². The summed E-state index contributed by atoms with van der Waals surface area (Å²) >= 11 is 0. The Morgan fingerprint density at radius 1 is 1.53 bits per heavy atom. The first-order chi connectivity index (χ1) is 7.08. The molecule has 1 heterocycles. The third-order valence-electron chi connectivity index (χ3n) is 2.26. The molecule has 2 rings (SSSR count). The number of carbonyl (C=O) groups is 1. The van der Waals surface area contributed by atoms with Gasteiger partial charge in [0.15, 0.2) is 0 Å². The summed E-state index contributed by atoms with van der Waals surface area (Å²) in [5.74, 6) is -0.854. The molecule has 0 saturated heterocycles. The second kappa shape index (κ2) is 3.27. The second-order valence-corrected chi connectivity index (χ2v) is 3.39. The number of hydrogen-bond donors (Lipinski definition) is 2. The van der Waals surface area contributed by atoms with Crippen molar-refractivity contribution in [2.24, 2.45) is 7.05 Å². The van der Waals surface area contributed by atoms with Crippen LogP contribution in [0.15, 0.2) is 18.3 Å². The Balaban J connectivity index is 2.59. The number of phenolic OH excluding ortho intramolecular Hbond substituents is 1. The number of aliphatic carboxylic acids is 1. The quantitative estimate of drug-likeness (QED) is 0.765. The topological polar surface area (TPSA) is 75.3 Å². The summed E-state index contributed by atoms with van der Waals surface area (Å²) in [5.41, 5.74) is 1.29. The lowest BCUT2D eigenvalue weighted by Gasteiger charge is -2.01. The number of carboxylic acid groups (broad SMARTS) is 1. The highest BCUT2D eigenvalue weighted by atomic mass is 16.4. The van der Waals surface area contributed by atoms with Crippen molar-refractivity contribution in [1.29, 1.82) is 0 Å². The Labute approximate surface area is 85.6 Å². The third-order valence-corrected chi connectivity index (χ3v) is 2.26. The molecule has 5 nitrogen and oxygen atoms in total. The van der Waals surface area contributed by atoms with Crippen LogP contribution < -0.4 is 0 Å². The highest BCUT2D eigenvalue weighted by molar-refractivity contribution is 5.86. The monoisotopic (exact) mass is 206 g/mol. The van der Waals surface area contributed by atoms with E-state index < -0.39 is 5.97 Å². The maximum Gasteiger partial charge on any atom is 0.307 e. The summed E-state index contributed by atoms with van der Waals surface area (Å²) in [6.07, 6.45) is 1.45. The van der Waals surface area contributed by atoms with Crippen molar-refractivity contribution in [2.75, 3.05) is 0 Å². The molecule has 0 aliphatic rings. The number of aromatic nitrogens is 2. The Morgan fingerprint density at radius 3 is 2.93 bits per heavy atom. The van der Waals surface area contributed by atoms with Gasteiger partial charge in [-0.25, -0.2) is 0 Å². The van der Waals surface area contributed by atoms with Gasteiger partial charge in [0, 0.05) is 7.05 Å². The molecule has 5 heteroatoms. The molecular weight excluding hydrogens is 196 g/mol. The molecule has 78 valence electrons. The van der Waals surface area contributed by atoms with Crippen LogP contribution in [0.25, 0.3) is 10.9 Å². The van der Waals surface area contributed by atoms with Gasteiger partial charge in [0.2, 0.25) is 0 Å². The van der Waals surface area contributed by atoms with E-state index in [9.17, 15) is 9.90 Å². The molecule has 0 aliphatic heterocycles. The molecule has 0 amide bonds. The minimum absolute atomic E-state index is 0.0665. The van der Waals surface area contributed by atoms with Crippen molar-refractivity contribution in [2.45, 2.75) is 6.42 Å². The predicted octanol–water partition coefficient (Wildman–Crippen LogP) is 0.906. The molecule has 1 aromatic carbocycles. The minimum atomic E-state index is -0.920. The van der Waals surface area contributed by atoms with Crippen LogP contribution in [0.5, 0.6) is 5.75 Å². The molecule has 0 saturated carbocycles. The number of rotatable bonds is 2. The smallest absolute Gasteiger partial charge is 0.307 e. The van der Waals surface area contributed by atoms with Crippen LogP contribution in [0.2, 0.25) is 0 Å². The first kappa shape index (κ1) is 9.51. The number of hydrogen-bond acceptors (Lipinski definition) is 3. The zero-order chi connectivity index (χ0) is 11.0. The average molecular weight is 206 g/mol. The van der Waals surface area contributed by atoms with Gasteiger partial charge in [-0.05, 0) is 17.7 Å². The Hall–Kier alpha value is -2.04. The lowest BCUT2D eigenvalue weighted by Crippen LogP contribution is -2.00. The largest absolute Gasteiger partial charge is 0.507 e. The van der Waals surface area contributed by atoms with Crippen LogP contribution >= 0.6 is 0 Å². The van der Waals surface area contributed by atoms with Crippen LogP contribution in [0.4, 0.5) is 0 Å². The van der Waals surface area contributed by atoms with Gasteiger partial charge in [-0.3, -0.25) is 9.48 Å². The molecule has 2 N–H and O–H groups in total. The van der Waals surface area contributed by atoms with E-state index in [0.717, 1.165) is 5.52 Å². The van der Waals surface area contributed by atoms with Gasteiger partial charge < -0.3 is 10.2 Å². The summed E-state index contributed by atoms with van der Waals surface area (Å²) in [6, 6.07) is 3.17. The number of nitrogens with zero attached hydrogens (tertiary/aromatic N) is 2. The fourth-order valence-corrected chi connectivity index (χ4v) is 1.56. The van der Waals surface area contributed by atoms with Crippen molar-refractivity contribution < 1.29 is 15.0 Å². The maximum absolute atomic E-state index is 10.5. The van der Waals surface area contributed by atoms with Gasteiger partial charge in [0.1, 0.15) is 5.75 Å². The van der Waals surface area contributed by atoms with Crippen LogP contribution in [-0.4, -0.2) is 26.0 Å². The number of fused-ring (bicyclic) bond motifs is 1. The highest BCUT2D eigenvalue weighted by Crippen LogP contribution is 2.25. The SMILES string of the molecule is Cn1ncc2c(O)cc(CC(=O)O)cc21. The van der Waals surface area contributed by atoms with E-state index in [-0.39, 0.29) is 12.2 Å². The van der Waals surface area contributed by atoms with E-state index >= 15 is 0 Å². The predicted molar refractivity (Wildman–Crippen MR) is 53.7 cm³/mol. The minimum Gasteiger partial charge on any atom is -0.507 e. The molecular formula is C10H10N2O3. The van der Waals surface area contributed by atoms with Crippen molar-refractivity contribution in [1.82, 2.24) is 9.78 Å². The Bertz CT molecular complexity index is 531. The normalized spacial score (nSPS) is 10.7. The van der Waals surface area contributed by atoms with Crippen molar-refractivity contribution >= 4 is 16.9 Å². The highest BCUT2D eigenvalue weighted by Gasteiger charge is 2.08. The molecule has 0 aliphatic carbocycles. The van der Waals surface area contributed by atoms with E-state index in [2.05, 4.69) is 5.10 Å². The molecule has 0 atom stereocenters. The standard InChI is InChI=1S/C10H10N2O3/c1-12-8-2-6(4-10(14)15)3-9(13)7(8)5-11-12/h2-3,5,13H,4H2,1H3,(H,14,15). The van der Waals surface area contributed by atoms with Gasteiger partial charge in [0.05, 0.1) is 23.5 Å². The summed E-state index contributed by atoms with van der Waals surface area (Å²) in [6.45, 7) is 0. The number of phenols is 1. The fourth-order valence-electron chi connectivity index (χ4n) is 1.56. The summed E-state index contributed by atoms with van der Waals surface area (Å²) in [7, 11) is 1.74. The Morgan fingerprint density at radius 2 is 2.27 bits per heavy atom. The Kier molecular flexibility index (Phi) is 2.07. The number of aryl methyl sites for hydroxylation is 1. The molecule has 0 bridgehead atoms. The van der Waals surface area contributed by atoms with Crippen LogP contribution in [0, 0.1) is 0 Å². The molecule has 0 radical (unpaired) electrons. The van der Waals surface area contributed by atoms with Gasteiger partial charge in [0.25, 0.3) is 0 Å². The lowest BCUT2D eigenvalue weighted by molar-refractivity contribution is -0.136. The van der Waals surface area contributed by atoms with Gasteiger partial charge in [-0.1, -0.05) is 0 Å². The number of aromatic hydroxyl groups is 1. The van der Waals surface area contributed by atoms with Gasteiger partial charge >= 0.3 is 5.97 Å². The zero-order valence-electron chi connectivity index (χ0n) is 8.14. The van der Waals surface area contributed by atoms with Crippen LogP contribution in [0.3, 0.4) is 0 Å². The van der Waals surface area contributed by atoms with Crippen molar-refractivity contribution in [3.63, 3.8) is 0 Å². The van der Waals surface area contributed by atoms with E-state index in [1.54, 1.807) is 24.0 Å². The van der Waals surface area contributed by atoms with Crippen LogP contribution in [0.1, 0.15) is 5.56 Å². The first-order valence-electron chi connectivity index (χ1n) is 4.43. The summed E-state index contributed by atoms with van der Waals surface area (Å²) < 4.78 is 1.60. The van der Waals surface area contributed by atoms with E-state index in [1.165, 1.54) is 6.07 Å². The van der Waals surface area contributed by atoms with Gasteiger partial charge in [-0.2, -0.15) is 5.10 Å². The van der Waals surface area contributed by atoms with E-state index in [1.807, 2.05) is 0 Å². The fraction of sp³-hybridized carbons (Fsp3) is 0.200. The number of benzene rings is 1. The first-order valence-corrected chi connectivity index (χ1v) is 4.43. The second-order valence-electron chi connectivity index (χ2n) is 3.39. The third kappa shape index (κ3) is 1.63. The molecule has 0 fully saturated rings. The molecule has 2 aromatic rings. The van der Waals surface area contributed by atoms with Crippen molar-refractivity contribution in [3.8, 4) is 5.75 Å². The molecule has 15 heavy (non-hydrogen) atoms. The van der Waals surface area contributed by atoms with E-state index in [4.69, 9.17) is 5.11 Å².